The van der Waals surface area contributed by atoms with Gasteiger partial charge in [-0.1, -0.05) is 11.3 Å². The molecule has 0 unspecified atom stereocenters. The smallest absolute Gasteiger partial charge is 0.381 e. The van der Waals surface area contributed by atoms with Gasteiger partial charge < -0.3 is 14.5 Å². The summed E-state index contributed by atoms with van der Waals surface area (Å²) in [6.45, 7) is 4.80. The molecule has 1 amide bonds. The Kier molecular flexibility index (Phi) is 6.79. The van der Waals surface area contributed by atoms with Crippen molar-refractivity contribution in [3.8, 4) is 10.8 Å². The summed E-state index contributed by atoms with van der Waals surface area (Å²) >= 11 is 0.342. The van der Waals surface area contributed by atoms with Crippen LogP contribution in [0.1, 0.15) is 37.6 Å². The number of carbonyl (C=O) groups is 1. The Morgan fingerprint density at radius 3 is 2.48 bits per heavy atom. The van der Waals surface area contributed by atoms with Gasteiger partial charge in [0, 0.05) is 57.0 Å². The number of pyridine rings is 1. The number of hydrogen-bond acceptors (Lipinski definition) is 9. The SMILES string of the molecule is CC1(NS(=O)(=O)c2cc(N3CCN(C(=O)C4CCOCC4)CC3)c3cnc(-c4nnc(C(F)(F)F)s4)n3c2)CC1. The van der Waals surface area contributed by atoms with Crippen molar-refractivity contribution in [2.75, 3.05) is 44.3 Å². The van der Waals surface area contributed by atoms with Crippen LogP contribution in [0, 0.1) is 5.92 Å². The average molecular weight is 600 g/mol. The van der Waals surface area contributed by atoms with Gasteiger partial charge in [-0.15, -0.1) is 10.2 Å². The molecule has 2 saturated heterocycles. The number of fused-ring (bicyclic) bond motifs is 1. The van der Waals surface area contributed by atoms with Crippen molar-refractivity contribution < 1.29 is 31.1 Å². The highest BCUT2D eigenvalue weighted by molar-refractivity contribution is 7.89. The molecule has 5 heterocycles. The van der Waals surface area contributed by atoms with Crippen LogP contribution in [-0.4, -0.2) is 83.7 Å². The Balaban J connectivity index is 1.35. The largest absolute Gasteiger partial charge is 0.445 e. The third-order valence-corrected chi connectivity index (χ3v) is 10.2. The number of imidazole rings is 1. The molecule has 3 fully saturated rings. The van der Waals surface area contributed by atoms with Crippen molar-refractivity contribution in [3.05, 3.63) is 23.5 Å². The molecule has 16 heteroatoms. The van der Waals surface area contributed by atoms with Crippen molar-refractivity contribution in [2.45, 2.75) is 49.2 Å². The van der Waals surface area contributed by atoms with E-state index in [9.17, 15) is 26.4 Å². The van der Waals surface area contributed by atoms with Gasteiger partial charge in [0.05, 0.1) is 17.4 Å². The predicted octanol–water partition coefficient (Wildman–Crippen LogP) is 2.78. The monoisotopic (exact) mass is 599 g/mol. The minimum atomic E-state index is -4.66. The summed E-state index contributed by atoms with van der Waals surface area (Å²) in [5.74, 6) is 0.114. The Labute approximate surface area is 232 Å². The normalized spacial score (nSPS) is 20.3. The molecular weight excluding hydrogens is 571 g/mol. The maximum Gasteiger partial charge on any atom is 0.445 e. The van der Waals surface area contributed by atoms with Gasteiger partial charge in [-0.2, -0.15) is 13.2 Å². The van der Waals surface area contributed by atoms with E-state index in [1.54, 1.807) is 6.07 Å². The molecular formula is C24H28F3N7O4S2. The van der Waals surface area contributed by atoms with E-state index < -0.39 is 26.7 Å². The van der Waals surface area contributed by atoms with Crippen LogP contribution in [-0.2, 0) is 25.7 Å². The van der Waals surface area contributed by atoms with E-state index >= 15 is 0 Å². The first-order chi connectivity index (χ1) is 18.9. The minimum absolute atomic E-state index is 0.0383. The molecule has 0 bridgehead atoms. The van der Waals surface area contributed by atoms with Gasteiger partial charge >= 0.3 is 6.18 Å². The van der Waals surface area contributed by atoms with Gasteiger partial charge in [0.2, 0.25) is 20.9 Å². The fourth-order valence-corrected chi connectivity index (χ4v) is 7.27. The molecule has 0 radical (unpaired) electrons. The van der Waals surface area contributed by atoms with E-state index in [1.807, 2.05) is 16.7 Å². The van der Waals surface area contributed by atoms with Crippen molar-refractivity contribution >= 4 is 38.5 Å². The first-order valence-electron chi connectivity index (χ1n) is 13.0. The number of halogens is 3. The standard InChI is InChI=1S/C24H28F3N7O4S2/c1-23(4-5-23)31-40(36,37)16-12-17(32-6-8-33(9-7-32)21(35)15-2-10-38-11-3-15)18-13-28-19(34(18)14-16)20-29-30-22(39-20)24(25,26)27/h12-15,31H,2-11H2,1H3. The highest BCUT2D eigenvalue weighted by atomic mass is 32.2. The fraction of sp³-hybridized carbons (Fsp3) is 0.583. The number of piperazine rings is 1. The summed E-state index contributed by atoms with van der Waals surface area (Å²) in [6, 6.07) is 1.56. The summed E-state index contributed by atoms with van der Waals surface area (Å²) in [5, 5.41) is 5.75. The lowest BCUT2D eigenvalue weighted by molar-refractivity contribution is -0.139. The van der Waals surface area contributed by atoms with Crippen LogP contribution in [0.25, 0.3) is 16.3 Å². The topological polar surface area (TPSA) is 122 Å². The molecule has 3 aromatic rings. The third-order valence-electron chi connectivity index (χ3n) is 7.65. The molecule has 0 spiro atoms. The third kappa shape index (κ3) is 5.29. The number of anilines is 1. The van der Waals surface area contributed by atoms with Crippen LogP contribution in [0.4, 0.5) is 18.9 Å². The molecule has 3 aromatic heterocycles. The Morgan fingerprint density at radius 2 is 1.85 bits per heavy atom. The number of carbonyl (C=O) groups excluding carboxylic acids is 1. The number of nitrogens with zero attached hydrogens (tertiary/aromatic N) is 6. The summed E-state index contributed by atoms with van der Waals surface area (Å²) in [6.07, 6.45) is 1.02. The summed E-state index contributed by atoms with van der Waals surface area (Å²) < 4.78 is 76.0. The quantitative estimate of drug-likeness (QED) is 0.459. The Morgan fingerprint density at radius 1 is 1.15 bits per heavy atom. The zero-order valence-electron chi connectivity index (χ0n) is 21.6. The lowest BCUT2D eigenvalue weighted by Gasteiger charge is -2.38. The minimum Gasteiger partial charge on any atom is -0.381 e. The predicted molar refractivity (Wildman–Crippen MR) is 139 cm³/mol. The van der Waals surface area contributed by atoms with Crippen LogP contribution in [0.15, 0.2) is 23.4 Å². The zero-order chi connectivity index (χ0) is 28.3. The second-order valence-corrected chi connectivity index (χ2v) is 13.3. The zero-order valence-corrected chi connectivity index (χ0v) is 23.3. The van der Waals surface area contributed by atoms with Crippen LogP contribution in [0.5, 0.6) is 0 Å². The first-order valence-corrected chi connectivity index (χ1v) is 15.3. The molecule has 2 aliphatic heterocycles. The molecule has 216 valence electrons. The Bertz CT molecular complexity index is 1540. The molecule has 3 aliphatic rings. The number of ether oxygens (including phenoxy) is 1. The number of aromatic nitrogens is 4. The maximum atomic E-state index is 13.4. The lowest BCUT2D eigenvalue weighted by atomic mass is 9.98. The van der Waals surface area contributed by atoms with Crippen LogP contribution in [0.2, 0.25) is 0 Å². The second kappa shape index (κ2) is 9.92. The highest BCUT2D eigenvalue weighted by Gasteiger charge is 2.42. The highest BCUT2D eigenvalue weighted by Crippen LogP contribution is 2.38. The molecule has 1 saturated carbocycles. The van der Waals surface area contributed by atoms with Crippen LogP contribution in [0.3, 0.4) is 0 Å². The van der Waals surface area contributed by atoms with Crippen molar-refractivity contribution in [2.24, 2.45) is 5.92 Å². The molecule has 0 atom stereocenters. The number of amides is 1. The van der Waals surface area contributed by atoms with E-state index in [2.05, 4.69) is 19.9 Å². The fourth-order valence-electron chi connectivity index (χ4n) is 5.08. The summed E-state index contributed by atoms with van der Waals surface area (Å²) in [7, 11) is -3.96. The number of sulfonamides is 1. The molecule has 0 aromatic carbocycles. The van der Waals surface area contributed by atoms with E-state index in [1.165, 1.54) is 16.8 Å². The van der Waals surface area contributed by atoms with E-state index in [-0.39, 0.29) is 27.6 Å². The Hall–Kier alpha value is -2.82. The van der Waals surface area contributed by atoms with Gasteiger partial charge in [-0.05, 0) is 38.7 Å². The molecule has 40 heavy (non-hydrogen) atoms. The molecule has 1 N–H and O–H groups in total. The van der Waals surface area contributed by atoms with Gasteiger partial charge in [0.15, 0.2) is 10.8 Å². The maximum absolute atomic E-state index is 13.4. The van der Waals surface area contributed by atoms with E-state index in [0.29, 0.717) is 87.6 Å². The number of alkyl halides is 3. The van der Waals surface area contributed by atoms with Crippen LogP contribution >= 0.6 is 11.3 Å². The van der Waals surface area contributed by atoms with E-state index in [0.717, 1.165) is 0 Å². The molecule has 11 nitrogen and oxygen atoms in total. The van der Waals surface area contributed by atoms with Crippen molar-refractivity contribution in [1.29, 1.82) is 0 Å². The number of hydrogen-bond donors (Lipinski definition) is 1. The number of nitrogens with one attached hydrogen (secondary N) is 1. The summed E-state index contributed by atoms with van der Waals surface area (Å²) in [5.41, 5.74) is 0.545. The van der Waals surface area contributed by atoms with Gasteiger partial charge in [-0.25, -0.2) is 18.1 Å². The van der Waals surface area contributed by atoms with Gasteiger partial charge in [-0.3, -0.25) is 9.20 Å². The number of rotatable bonds is 6. The van der Waals surface area contributed by atoms with Crippen LogP contribution < -0.4 is 9.62 Å². The second-order valence-electron chi connectivity index (χ2n) is 10.7. The summed E-state index contributed by atoms with van der Waals surface area (Å²) in [4.78, 5) is 21.1. The first kappa shape index (κ1) is 27.4. The van der Waals surface area contributed by atoms with Gasteiger partial charge in [0.1, 0.15) is 4.90 Å². The average Bonchev–Trinajstić information content (AvgIpc) is 3.30. The molecule has 6 rings (SSSR count). The lowest BCUT2D eigenvalue weighted by Crippen LogP contribution is -2.51. The van der Waals surface area contributed by atoms with E-state index in [4.69, 9.17) is 4.74 Å². The van der Waals surface area contributed by atoms with Crippen molar-refractivity contribution in [3.63, 3.8) is 0 Å². The molecule has 1 aliphatic carbocycles. The van der Waals surface area contributed by atoms with Crippen molar-refractivity contribution in [1.82, 2.24) is 29.2 Å². The van der Waals surface area contributed by atoms with Gasteiger partial charge in [0.25, 0.3) is 0 Å².